The number of hydrogen-bond acceptors (Lipinski definition) is 0. The quantitative estimate of drug-likeness (QED) is 0.428. The predicted molar refractivity (Wildman–Crippen MR) is 116 cm³/mol. The van der Waals surface area contributed by atoms with Gasteiger partial charge in [0.1, 0.15) is 6.15 Å². The van der Waals surface area contributed by atoms with Gasteiger partial charge in [0.15, 0.2) is 0 Å². The summed E-state index contributed by atoms with van der Waals surface area (Å²) in [4.78, 5) is 0. The van der Waals surface area contributed by atoms with Gasteiger partial charge in [-0.3, -0.25) is 0 Å². The van der Waals surface area contributed by atoms with Crippen LogP contribution in [0.2, 0.25) is 0 Å². The SMILES string of the molecule is [Ca+2].[F-].c1ccc([B-](c2ccccc2)(c2ccccc2)c2ccccc2)cc1. The van der Waals surface area contributed by atoms with E-state index in [4.69, 9.17) is 0 Å². The Labute approximate surface area is 190 Å². The zero-order chi connectivity index (χ0) is 17.0. The van der Waals surface area contributed by atoms with Gasteiger partial charge in [-0.2, -0.15) is 21.9 Å². The first-order valence-corrected chi connectivity index (χ1v) is 8.80. The fourth-order valence-electron chi connectivity index (χ4n) is 4.12. The maximum Gasteiger partial charge on any atom is 2.00 e. The van der Waals surface area contributed by atoms with Crippen LogP contribution in [0.4, 0.5) is 0 Å². The zero-order valence-electron chi connectivity index (χ0n) is 15.2. The Bertz CT molecular complexity index is 765. The molecule has 0 N–H and O–H groups in total. The summed E-state index contributed by atoms with van der Waals surface area (Å²) in [5.74, 6) is 0. The molecule has 3 heteroatoms. The van der Waals surface area contributed by atoms with Gasteiger partial charge in [0.25, 0.3) is 0 Å². The van der Waals surface area contributed by atoms with Crippen molar-refractivity contribution in [1.82, 2.24) is 0 Å². The molecule has 0 heterocycles. The fourth-order valence-corrected chi connectivity index (χ4v) is 4.12. The molecular weight excluding hydrogens is 358 g/mol. The molecule has 0 aromatic heterocycles. The van der Waals surface area contributed by atoms with Crippen LogP contribution < -0.4 is 26.6 Å². The van der Waals surface area contributed by atoms with Crippen LogP contribution in [0.1, 0.15) is 0 Å². The Kier molecular flexibility index (Phi) is 7.85. The molecule has 0 saturated heterocycles. The smallest absolute Gasteiger partial charge is 1.00 e. The molecule has 27 heavy (non-hydrogen) atoms. The molecule has 0 fully saturated rings. The minimum atomic E-state index is -1.22. The molecule has 4 aromatic carbocycles. The Hall–Kier alpha value is -1.87. The summed E-state index contributed by atoms with van der Waals surface area (Å²) in [6.07, 6.45) is -1.22. The summed E-state index contributed by atoms with van der Waals surface area (Å²) in [7, 11) is 0. The second-order valence-corrected chi connectivity index (χ2v) is 6.51. The molecule has 0 nitrogen and oxygen atoms in total. The number of benzene rings is 4. The van der Waals surface area contributed by atoms with Crippen LogP contribution in [0, 0.1) is 0 Å². The molecule has 0 aliphatic carbocycles. The van der Waals surface area contributed by atoms with E-state index in [2.05, 4.69) is 121 Å². The van der Waals surface area contributed by atoms with Crippen LogP contribution in [0.3, 0.4) is 0 Å². The predicted octanol–water partition coefficient (Wildman–Crippen LogP) is -0.313. The van der Waals surface area contributed by atoms with Crippen molar-refractivity contribution in [2.75, 3.05) is 0 Å². The van der Waals surface area contributed by atoms with E-state index in [0.29, 0.717) is 0 Å². The first-order chi connectivity index (χ1) is 12.4. The van der Waals surface area contributed by atoms with E-state index in [9.17, 15) is 0 Å². The van der Waals surface area contributed by atoms with Gasteiger partial charge in [-0.1, -0.05) is 121 Å². The van der Waals surface area contributed by atoms with Gasteiger partial charge in [-0.05, 0) is 0 Å². The fraction of sp³-hybridized carbons (Fsp3) is 0. The van der Waals surface area contributed by atoms with Crippen molar-refractivity contribution in [2.45, 2.75) is 0 Å². The summed E-state index contributed by atoms with van der Waals surface area (Å²) in [6, 6.07) is 43.5. The molecule has 0 radical (unpaired) electrons. The molecule has 0 saturated carbocycles. The number of rotatable bonds is 4. The van der Waals surface area contributed by atoms with Crippen LogP contribution in [0.15, 0.2) is 121 Å². The topological polar surface area (TPSA) is 0 Å². The minimum Gasteiger partial charge on any atom is -1.00 e. The van der Waals surface area contributed by atoms with Gasteiger partial charge in [0, 0.05) is 0 Å². The molecule has 4 rings (SSSR count). The molecular formula is C24H20BCaF. The summed E-state index contributed by atoms with van der Waals surface area (Å²) in [6.45, 7) is 0. The second kappa shape index (κ2) is 9.89. The number of hydrogen-bond donors (Lipinski definition) is 0. The van der Waals surface area contributed by atoms with Crippen molar-refractivity contribution >= 4 is 65.7 Å². The molecule has 4 aromatic rings. The van der Waals surface area contributed by atoms with Crippen LogP contribution in [0.25, 0.3) is 0 Å². The van der Waals surface area contributed by atoms with Gasteiger partial charge >= 0.3 is 37.7 Å². The molecule has 0 atom stereocenters. The van der Waals surface area contributed by atoms with E-state index < -0.39 is 6.15 Å². The summed E-state index contributed by atoms with van der Waals surface area (Å²) >= 11 is 0. The molecule has 128 valence electrons. The van der Waals surface area contributed by atoms with E-state index in [-0.39, 0.29) is 42.4 Å². The third-order valence-electron chi connectivity index (χ3n) is 5.20. The maximum atomic E-state index is 2.26. The molecule has 0 aliphatic rings. The first-order valence-electron chi connectivity index (χ1n) is 8.80. The van der Waals surface area contributed by atoms with E-state index in [1.54, 1.807) is 0 Å². The Morgan fingerprint density at radius 1 is 0.333 bits per heavy atom. The Balaban J connectivity index is 0.00000131. The van der Waals surface area contributed by atoms with E-state index in [1.165, 1.54) is 21.9 Å². The van der Waals surface area contributed by atoms with Crippen LogP contribution in [0.5, 0.6) is 0 Å². The van der Waals surface area contributed by atoms with Crippen molar-refractivity contribution in [3.8, 4) is 0 Å². The Morgan fingerprint density at radius 3 is 0.704 bits per heavy atom. The summed E-state index contributed by atoms with van der Waals surface area (Å²) < 4.78 is 0. The maximum absolute atomic E-state index is 2.26. The first kappa shape index (κ1) is 21.4. The van der Waals surface area contributed by atoms with Gasteiger partial charge in [0.2, 0.25) is 0 Å². The van der Waals surface area contributed by atoms with Crippen molar-refractivity contribution in [3.05, 3.63) is 121 Å². The van der Waals surface area contributed by atoms with E-state index >= 15 is 0 Å². The van der Waals surface area contributed by atoms with Crippen molar-refractivity contribution in [3.63, 3.8) is 0 Å². The minimum absolute atomic E-state index is 0. The third kappa shape index (κ3) is 4.03. The summed E-state index contributed by atoms with van der Waals surface area (Å²) in [5, 5.41) is 0. The van der Waals surface area contributed by atoms with Gasteiger partial charge < -0.3 is 4.70 Å². The third-order valence-corrected chi connectivity index (χ3v) is 5.20. The largest absolute Gasteiger partial charge is 2.00 e. The van der Waals surface area contributed by atoms with Crippen LogP contribution in [-0.4, -0.2) is 43.9 Å². The normalized spacial score (nSPS) is 10.4. The standard InChI is InChI=1S/C24H20B.Ca.FH/c1-5-13-21(14-6-1)25(22-15-7-2-8-16-22,23-17-9-3-10-18-23)24-19-11-4-12-20-24;;/h1-20H;;1H/q-1;+2;/p-1. The molecule has 0 spiro atoms. The van der Waals surface area contributed by atoms with Crippen molar-refractivity contribution in [1.29, 1.82) is 0 Å². The molecule has 0 unspecified atom stereocenters. The van der Waals surface area contributed by atoms with Crippen LogP contribution >= 0.6 is 0 Å². The van der Waals surface area contributed by atoms with Gasteiger partial charge in [-0.15, -0.1) is 0 Å². The average molecular weight is 378 g/mol. The Morgan fingerprint density at radius 2 is 0.519 bits per heavy atom. The monoisotopic (exact) mass is 378 g/mol. The second-order valence-electron chi connectivity index (χ2n) is 6.51. The average Bonchev–Trinajstić information content (AvgIpc) is 2.72. The van der Waals surface area contributed by atoms with Gasteiger partial charge in [0.05, 0.1) is 0 Å². The zero-order valence-corrected chi connectivity index (χ0v) is 17.4. The van der Waals surface area contributed by atoms with Crippen LogP contribution in [-0.2, 0) is 0 Å². The molecule has 0 aliphatic heterocycles. The number of halogens is 1. The van der Waals surface area contributed by atoms with E-state index in [1.807, 2.05) is 0 Å². The van der Waals surface area contributed by atoms with Crippen molar-refractivity contribution < 1.29 is 4.70 Å². The van der Waals surface area contributed by atoms with Crippen molar-refractivity contribution in [2.24, 2.45) is 0 Å². The van der Waals surface area contributed by atoms with E-state index in [0.717, 1.165) is 0 Å². The van der Waals surface area contributed by atoms with Gasteiger partial charge in [-0.25, -0.2) is 0 Å². The molecule has 0 amide bonds. The molecule has 0 bridgehead atoms. The summed E-state index contributed by atoms with van der Waals surface area (Å²) in [5.41, 5.74) is 5.36.